The molecular formula is C15H24BrNO2. The standard InChI is InChI=1S/C15H24BrNO2/c1-12(11-19-3)14(10-17-8-9-18-2)13-6-4-5-7-15(13)16/h4-7,12,14,17H,8-11H2,1-3H3. The Morgan fingerprint density at radius 1 is 1.21 bits per heavy atom. The summed E-state index contributed by atoms with van der Waals surface area (Å²) in [6, 6.07) is 8.40. The quantitative estimate of drug-likeness (QED) is 0.706. The molecule has 1 aromatic rings. The zero-order valence-electron chi connectivity index (χ0n) is 12.0. The maximum Gasteiger partial charge on any atom is 0.0587 e. The van der Waals surface area contributed by atoms with Crippen LogP contribution in [0.3, 0.4) is 0 Å². The summed E-state index contributed by atoms with van der Waals surface area (Å²) in [7, 11) is 3.48. The molecule has 0 spiro atoms. The molecule has 0 saturated carbocycles. The maximum absolute atomic E-state index is 5.31. The van der Waals surface area contributed by atoms with Crippen LogP contribution in [-0.2, 0) is 9.47 Å². The molecule has 0 aromatic heterocycles. The summed E-state index contributed by atoms with van der Waals surface area (Å²) in [6.45, 7) is 5.53. The SMILES string of the molecule is COCCNCC(c1ccccc1Br)C(C)COC. The first-order valence-corrected chi connectivity index (χ1v) is 7.43. The van der Waals surface area contributed by atoms with E-state index in [2.05, 4.69) is 46.4 Å². The number of methoxy groups -OCH3 is 2. The molecule has 3 nitrogen and oxygen atoms in total. The fourth-order valence-electron chi connectivity index (χ4n) is 2.20. The van der Waals surface area contributed by atoms with Crippen LogP contribution < -0.4 is 5.32 Å². The summed E-state index contributed by atoms with van der Waals surface area (Å²) >= 11 is 3.65. The molecule has 0 fully saturated rings. The van der Waals surface area contributed by atoms with Crippen molar-refractivity contribution >= 4 is 15.9 Å². The Hall–Kier alpha value is -0.420. The van der Waals surface area contributed by atoms with Gasteiger partial charge in [0.25, 0.3) is 0 Å². The van der Waals surface area contributed by atoms with Crippen LogP contribution in [0, 0.1) is 5.92 Å². The molecule has 2 unspecified atom stereocenters. The third kappa shape index (κ3) is 5.61. The average Bonchev–Trinajstić information content (AvgIpc) is 2.40. The van der Waals surface area contributed by atoms with E-state index in [1.807, 2.05) is 6.07 Å². The van der Waals surface area contributed by atoms with E-state index in [1.54, 1.807) is 14.2 Å². The molecule has 0 heterocycles. The van der Waals surface area contributed by atoms with Crippen LogP contribution in [-0.4, -0.2) is 40.5 Å². The minimum absolute atomic E-state index is 0.424. The number of benzene rings is 1. The van der Waals surface area contributed by atoms with Crippen molar-refractivity contribution in [2.24, 2.45) is 5.92 Å². The van der Waals surface area contributed by atoms with Crippen molar-refractivity contribution < 1.29 is 9.47 Å². The van der Waals surface area contributed by atoms with Crippen molar-refractivity contribution in [3.63, 3.8) is 0 Å². The van der Waals surface area contributed by atoms with Gasteiger partial charge in [-0.05, 0) is 17.5 Å². The van der Waals surface area contributed by atoms with Gasteiger partial charge in [-0.1, -0.05) is 41.1 Å². The van der Waals surface area contributed by atoms with Crippen molar-refractivity contribution in [3.05, 3.63) is 34.3 Å². The number of ether oxygens (including phenoxy) is 2. The maximum atomic E-state index is 5.31. The topological polar surface area (TPSA) is 30.5 Å². The van der Waals surface area contributed by atoms with Gasteiger partial charge in [-0.15, -0.1) is 0 Å². The Bertz CT molecular complexity index is 360. The van der Waals surface area contributed by atoms with Gasteiger partial charge in [0, 0.05) is 44.3 Å². The van der Waals surface area contributed by atoms with Gasteiger partial charge in [0.05, 0.1) is 6.61 Å². The first-order chi connectivity index (χ1) is 9.20. The number of nitrogens with one attached hydrogen (secondary N) is 1. The zero-order chi connectivity index (χ0) is 14.1. The summed E-state index contributed by atoms with van der Waals surface area (Å²) in [6.07, 6.45) is 0. The van der Waals surface area contributed by atoms with Gasteiger partial charge in [-0.25, -0.2) is 0 Å². The molecule has 0 saturated heterocycles. The van der Waals surface area contributed by atoms with Gasteiger partial charge in [-0.3, -0.25) is 0 Å². The number of hydrogen-bond acceptors (Lipinski definition) is 3. The van der Waals surface area contributed by atoms with Crippen LogP contribution in [0.1, 0.15) is 18.4 Å². The molecule has 0 aliphatic carbocycles. The highest BCUT2D eigenvalue weighted by atomic mass is 79.9. The molecule has 0 aliphatic rings. The van der Waals surface area contributed by atoms with Gasteiger partial charge in [0.1, 0.15) is 0 Å². The van der Waals surface area contributed by atoms with Crippen LogP contribution in [0.25, 0.3) is 0 Å². The minimum atomic E-state index is 0.424. The predicted octanol–water partition coefficient (Wildman–Crippen LogP) is 3.05. The lowest BCUT2D eigenvalue weighted by molar-refractivity contribution is 0.144. The predicted molar refractivity (Wildman–Crippen MR) is 82.7 cm³/mol. The van der Waals surface area contributed by atoms with Crippen molar-refractivity contribution in [3.8, 4) is 0 Å². The largest absolute Gasteiger partial charge is 0.384 e. The Kier molecular flexibility index (Phi) is 8.30. The Morgan fingerprint density at radius 3 is 2.58 bits per heavy atom. The Morgan fingerprint density at radius 2 is 1.95 bits per heavy atom. The van der Waals surface area contributed by atoms with E-state index in [9.17, 15) is 0 Å². The summed E-state index contributed by atoms with van der Waals surface area (Å²) in [5.74, 6) is 0.881. The van der Waals surface area contributed by atoms with Crippen molar-refractivity contribution in [1.29, 1.82) is 0 Å². The normalized spacial score (nSPS) is 14.3. The van der Waals surface area contributed by atoms with Crippen molar-refractivity contribution in [1.82, 2.24) is 5.32 Å². The molecule has 2 atom stereocenters. The monoisotopic (exact) mass is 329 g/mol. The van der Waals surface area contributed by atoms with Crippen LogP contribution in [0.15, 0.2) is 28.7 Å². The van der Waals surface area contributed by atoms with E-state index in [-0.39, 0.29) is 0 Å². The molecular weight excluding hydrogens is 306 g/mol. The zero-order valence-corrected chi connectivity index (χ0v) is 13.6. The molecule has 0 radical (unpaired) electrons. The van der Waals surface area contributed by atoms with Gasteiger partial charge < -0.3 is 14.8 Å². The van der Waals surface area contributed by atoms with Crippen LogP contribution >= 0.6 is 15.9 Å². The van der Waals surface area contributed by atoms with E-state index in [4.69, 9.17) is 9.47 Å². The number of halogens is 1. The Labute approximate surface area is 124 Å². The van der Waals surface area contributed by atoms with E-state index in [1.165, 1.54) is 5.56 Å². The Balaban J connectivity index is 2.71. The fourth-order valence-corrected chi connectivity index (χ4v) is 2.78. The van der Waals surface area contributed by atoms with E-state index >= 15 is 0 Å². The molecule has 1 N–H and O–H groups in total. The fraction of sp³-hybridized carbons (Fsp3) is 0.600. The lowest BCUT2D eigenvalue weighted by Crippen LogP contribution is -2.30. The molecule has 0 aliphatic heterocycles. The second-order valence-electron chi connectivity index (χ2n) is 4.76. The highest BCUT2D eigenvalue weighted by molar-refractivity contribution is 9.10. The molecule has 19 heavy (non-hydrogen) atoms. The summed E-state index contributed by atoms with van der Waals surface area (Å²) in [5, 5.41) is 3.45. The number of hydrogen-bond donors (Lipinski definition) is 1. The third-order valence-corrected chi connectivity index (χ3v) is 3.99. The van der Waals surface area contributed by atoms with E-state index < -0.39 is 0 Å². The van der Waals surface area contributed by atoms with Gasteiger partial charge in [0.15, 0.2) is 0 Å². The molecule has 4 heteroatoms. The van der Waals surface area contributed by atoms with Crippen molar-refractivity contribution in [2.45, 2.75) is 12.8 Å². The minimum Gasteiger partial charge on any atom is -0.384 e. The summed E-state index contributed by atoms with van der Waals surface area (Å²) in [5.41, 5.74) is 1.33. The lowest BCUT2D eigenvalue weighted by atomic mass is 9.87. The first-order valence-electron chi connectivity index (χ1n) is 6.63. The highest BCUT2D eigenvalue weighted by Crippen LogP contribution is 2.30. The highest BCUT2D eigenvalue weighted by Gasteiger charge is 2.20. The van der Waals surface area contributed by atoms with Gasteiger partial charge in [0.2, 0.25) is 0 Å². The van der Waals surface area contributed by atoms with Crippen LogP contribution in [0.2, 0.25) is 0 Å². The van der Waals surface area contributed by atoms with Gasteiger partial charge >= 0.3 is 0 Å². The van der Waals surface area contributed by atoms with Gasteiger partial charge in [-0.2, -0.15) is 0 Å². The first kappa shape index (κ1) is 16.6. The molecule has 1 rings (SSSR count). The second kappa shape index (κ2) is 9.48. The molecule has 1 aromatic carbocycles. The molecule has 108 valence electrons. The van der Waals surface area contributed by atoms with E-state index in [0.717, 1.165) is 30.8 Å². The second-order valence-corrected chi connectivity index (χ2v) is 5.61. The third-order valence-electron chi connectivity index (χ3n) is 3.27. The van der Waals surface area contributed by atoms with E-state index in [0.29, 0.717) is 11.8 Å². The van der Waals surface area contributed by atoms with Crippen molar-refractivity contribution in [2.75, 3.05) is 40.5 Å². The molecule has 0 amide bonds. The summed E-state index contributed by atoms with van der Waals surface area (Å²) < 4.78 is 11.5. The molecule has 0 bridgehead atoms. The smallest absolute Gasteiger partial charge is 0.0587 e. The lowest BCUT2D eigenvalue weighted by Gasteiger charge is -2.25. The van der Waals surface area contributed by atoms with Crippen LogP contribution in [0.5, 0.6) is 0 Å². The average molecular weight is 330 g/mol. The summed E-state index contributed by atoms with van der Waals surface area (Å²) in [4.78, 5) is 0. The van der Waals surface area contributed by atoms with Crippen LogP contribution in [0.4, 0.5) is 0 Å². The number of rotatable bonds is 9.